The molecule has 198 valence electrons. The van der Waals surface area contributed by atoms with Crippen LogP contribution in [0.3, 0.4) is 0 Å². The standard InChI is InChI=1S/C27H21ClN4O5S2/c1-15-4-8-18(9-5-15)26-31-32-24(29)20(25(33)30-27(32)38-26)12-17-13-21(28)23(22(14-17)36-3)37-39(34,35)19-10-6-16(2)7-11-19/h4-14,29H,1-3H3/b20-12-,29-24?. The Hall–Kier alpha value is -3.93. The molecule has 5 rings (SSSR count). The van der Waals surface area contributed by atoms with E-state index in [4.69, 9.17) is 25.9 Å². The lowest BCUT2D eigenvalue weighted by atomic mass is 10.1. The minimum atomic E-state index is -4.19. The van der Waals surface area contributed by atoms with Gasteiger partial charge in [-0.15, -0.1) is 0 Å². The van der Waals surface area contributed by atoms with E-state index in [1.807, 2.05) is 38.1 Å². The van der Waals surface area contributed by atoms with Crippen molar-refractivity contribution >= 4 is 61.5 Å². The van der Waals surface area contributed by atoms with Crippen LogP contribution in [0.4, 0.5) is 0 Å². The van der Waals surface area contributed by atoms with Crippen LogP contribution in [0.25, 0.3) is 6.08 Å². The smallest absolute Gasteiger partial charge is 0.339 e. The lowest BCUT2D eigenvalue weighted by molar-refractivity contribution is -0.114. The molecule has 0 saturated carbocycles. The fourth-order valence-corrected chi connectivity index (χ4v) is 5.90. The average Bonchev–Trinajstić information content (AvgIpc) is 3.32. The molecule has 0 fully saturated rings. The predicted molar refractivity (Wildman–Crippen MR) is 152 cm³/mol. The third kappa shape index (κ3) is 5.33. The Balaban J connectivity index is 1.45. The van der Waals surface area contributed by atoms with Gasteiger partial charge in [0.15, 0.2) is 11.6 Å². The van der Waals surface area contributed by atoms with Gasteiger partial charge in [0, 0.05) is 5.56 Å². The van der Waals surface area contributed by atoms with Crippen LogP contribution in [0, 0.1) is 19.3 Å². The second-order valence-corrected chi connectivity index (χ2v) is 11.6. The number of rotatable bonds is 6. The fourth-order valence-electron chi connectivity index (χ4n) is 3.74. The normalized spacial score (nSPS) is 16.2. The van der Waals surface area contributed by atoms with E-state index < -0.39 is 16.0 Å². The lowest BCUT2D eigenvalue weighted by Gasteiger charge is -2.20. The minimum Gasteiger partial charge on any atom is -0.493 e. The van der Waals surface area contributed by atoms with Crippen LogP contribution in [0.5, 0.6) is 11.5 Å². The summed E-state index contributed by atoms with van der Waals surface area (Å²) >= 11 is 7.62. The summed E-state index contributed by atoms with van der Waals surface area (Å²) in [6.07, 6.45) is 1.42. The average molecular weight is 581 g/mol. The van der Waals surface area contributed by atoms with Crippen molar-refractivity contribution in [3.05, 3.63) is 93.5 Å². The van der Waals surface area contributed by atoms with E-state index in [0.717, 1.165) is 16.7 Å². The molecule has 3 aromatic carbocycles. The number of ether oxygens (including phenoxy) is 1. The SMILES string of the molecule is COc1cc(/C=C2/C(=N)N3N=C(c4ccc(C)cc4)SC3=NC2=O)cc(Cl)c1OS(=O)(=O)c1ccc(C)cc1. The molecular weight excluding hydrogens is 560 g/mol. The summed E-state index contributed by atoms with van der Waals surface area (Å²) in [5.41, 5.74) is 3.20. The predicted octanol–water partition coefficient (Wildman–Crippen LogP) is 5.40. The summed E-state index contributed by atoms with van der Waals surface area (Å²) in [5.74, 6) is -0.940. The van der Waals surface area contributed by atoms with Crippen LogP contribution < -0.4 is 8.92 Å². The fraction of sp³-hybridized carbons (Fsp3) is 0.111. The number of hydrazone groups is 1. The van der Waals surface area contributed by atoms with Crippen molar-refractivity contribution in [2.45, 2.75) is 18.7 Å². The second kappa shape index (κ2) is 10.3. The highest BCUT2D eigenvalue weighted by Crippen LogP contribution is 2.39. The summed E-state index contributed by atoms with van der Waals surface area (Å²) in [4.78, 5) is 16.9. The number of aryl methyl sites for hydroxylation is 2. The topological polar surface area (TPSA) is 121 Å². The molecule has 0 radical (unpaired) electrons. The Morgan fingerprint density at radius 1 is 1.03 bits per heavy atom. The number of benzene rings is 3. The van der Waals surface area contributed by atoms with Gasteiger partial charge in [0.25, 0.3) is 5.91 Å². The molecule has 2 heterocycles. The van der Waals surface area contributed by atoms with Crippen molar-refractivity contribution in [2.24, 2.45) is 10.1 Å². The molecule has 2 aliphatic heterocycles. The zero-order valence-corrected chi connectivity index (χ0v) is 23.3. The number of thioether (sulfide) groups is 1. The summed E-state index contributed by atoms with van der Waals surface area (Å²) in [5, 5.41) is 15.3. The number of amidine groups is 2. The summed E-state index contributed by atoms with van der Waals surface area (Å²) in [7, 11) is -2.86. The molecule has 0 spiro atoms. The largest absolute Gasteiger partial charge is 0.493 e. The molecular formula is C27H21ClN4O5S2. The summed E-state index contributed by atoms with van der Waals surface area (Å²) in [6.45, 7) is 3.82. The molecule has 9 nitrogen and oxygen atoms in total. The van der Waals surface area contributed by atoms with Gasteiger partial charge in [0.05, 0.1) is 17.7 Å². The highest BCUT2D eigenvalue weighted by atomic mass is 35.5. The maximum Gasteiger partial charge on any atom is 0.339 e. The van der Waals surface area contributed by atoms with Crippen molar-refractivity contribution in [2.75, 3.05) is 7.11 Å². The van der Waals surface area contributed by atoms with Crippen molar-refractivity contribution < 1.29 is 22.1 Å². The van der Waals surface area contributed by atoms with Gasteiger partial charge in [0.1, 0.15) is 9.94 Å². The van der Waals surface area contributed by atoms with Gasteiger partial charge >= 0.3 is 10.1 Å². The van der Waals surface area contributed by atoms with Crippen LogP contribution in [-0.4, -0.2) is 42.5 Å². The molecule has 0 aromatic heterocycles. The summed E-state index contributed by atoms with van der Waals surface area (Å²) in [6, 6.07) is 16.8. The molecule has 2 aliphatic rings. The van der Waals surface area contributed by atoms with Crippen molar-refractivity contribution in [1.29, 1.82) is 5.41 Å². The first-order valence-electron chi connectivity index (χ1n) is 11.5. The van der Waals surface area contributed by atoms with Crippen molar-refractivity contribution in [3.63, 3.8) is 0 Å². The van der Waals surface area contributed by atoms with Crippen LogP contribution in [-0.2, 0) is 14.9 Å². The number of carbonyl (C=O) groups excluding carboxylic acids is 1. The van der Waals surface area contributed by atoms with Gasteiger partial charge in [-0.3, -0.25) is 10.2 Å². The Morgan fingerprint density at radius 2 is 1.67 bits per heavy atom. The molecule has 1 amide bonds. The highest BCUT2D eigenvalue weighted by molar-refractivity contribution is 8.27. The Morgan fingerprint density at radius 3 is 2.31 bits per heavy atom. The first-order chi connectivity index (χ1) is 18.6. The van der Waals surface area contributed by atoms with E-state index in [9.17, 15) is 13.2 Å². The quantitative estimate of drug-likeness (QED) is 0.306. The number of methoxy groups -OCH3 is 1. The van der Waals surface area contributed by atoms with Gasteiger partial charge in [-0.2, -0.15) is 23.5 Å². The zero-order valence-electron chi connectivity index (χ0n) is 20.9. The first kappa shape index (κ1) is 26.7. The molecule has 39 heavy (non-hydrogen) atoms. The number of halogens is 1. The van der Waals surface area contributed by atoms with Crippen LogP contribution in [0.1, 0.15) is 22.3 Å². The van der Waals surface area contributed by atoms with E-state index >= 15 is 0 Å². The minimum absolute atomic E-state index is 0.0210. The monoisotopic (exact) mass is 580 g/mol. The number of nitrogens with one attached hydrogen (secondary N) is 1. The number of amides is 1. The van der Waals surface area contributed by atoms with E-state index in [0.29, 0.717) is 15.8 Å². The van der Waals surface area contributed by atoms with Gasteiger partial charge < -0.3 is 8.92 Å². The maximum absolute atomic E-state index is 12.9. The highest BCUT2D eigenvalue weighted by Gasteiger charge is 2.36. The third-order valence-electron chi connectivity index (χ3n) is 5.82. The molecule has 0 saturated heterocycles. The molecule has 0 aliphatic carbocycles. The lowest BCUT2D eigenvalue weighted by Crippen LogP contribution is -2.35. The third-order valence-corrected chi connectivity index (χ3v) is 8.29. The number of aliphatic imine (C=N–C) groups is 1. The zero-order chi connectivity index (χ0) is 27.9. The Kier molecular flexibility index (Phi) is 7.06. The van der Waals surface area contributed by atoms with E-state index in [1.165, 1.54) is 54.2 Å². The number of hydrogen-bond acceptors (Lipinski definition) is 8. The van der Waals surface area contributed by atoms with Gasteiger partial charge in [-0.1, -0.05) is 59.1 Å². The van der Waals surface area contributed by atoms with Crippen molar-refractivity contribution in [3.8, 4) is 11.5 Å². The molecule has 0 atom stereocenters. The van der Waals surface area contributed by atoms with Gasteiger partial charge in [0.2, 0.25) is 10.9 Å². The number of hydrogen-bond donors (Lipinski definition) is 1. The van der Waals surface area contributed by atoms with Crippen molar-refractivity contribution in [1.82, 2.24) is 5.01 Å². The van der Waals surface area contributed by atoms with E-state index in [-0.39, 0.29) is 32.8 Å². The molecule has 1 N–H and O–H groups in total. The maximum atomic E-state index is 12.9. The van der Waals surface area contributed by atoms with Crippen LogP contribution in [0.2, 0.25) is 5.02 Å². The van der Waals surface area contributed by atoms with Crippen LogP contribution >= 0.6 is 23.4 Å². The second-order valence-electron chi connectivity index (χ2n) is 8.68. The molecule has 0 bridgehead atoms. The van der Waals surface area contributed by atoms with Gasteiger partial charge in [-0.25, -0.2) is 0 Å². The van der Waals surface area contributed by atoms with Gasteiger partial charge in [-0.05, 0) is 61.5 Å². The number of fused-ring (bicyclic) bond motifs is 1. The number of carbonyl (C=O) groups is 1. The Bertz CT molecular complexity index is 1710. The number of nitrogens with zero attached hydrogens (tertiary/aromatic N) is 3. The van der Waals surface area contributed by atoms with E-state index in [1.54, 1.807) is 12.1 Å². The molecule has 12 heteroatoms. The first-order valence-corrected chi connectivity index (χ1v) is 14.1. The van der Waals surface area contributed by atoms with E-state index in [2.05, 4.69) is 10.1 Å². The Labute approximate surface area is 234 Å². The van der Waals surface area contributed by atoms with Crippen LogP contribution in [0.15, 0.2) is 81.2 Å². The summed E-state index contributed by atoms with van der Waals surface area (Å²) < 4.78 is 36.3. The molecule has 3 aromatic rings. The molecule has 0 unspecified atom stereocenters.